The summed E-state index contributed by atoms with van der Waals surface area (Å²) in [6.07, 6.45) is 0.536. The number of benzene rings is 1. The zero-order valence-electron chi connectivity index (χ0n) is 12.0. The van der Waals surface area contributed by atoms with Gasteiger partial charge in [0.25, 0.3) is 0 Å². The highest BCUT2D eigenvalue weighted by Gasteiger charge is 2.21. The van der Waals surface area contributed by atoms with Crippen molar-refractivity contribution in [2.45, 2.75) is 32.7 Å². The molecule has 0 radical (unpaired) electrons. The number of ether oxygens (including phenoxy) is 1. The Morgan fingerprint density at radius 2 is 1.78 bits per heavy atom. The van der Waals surface area contributed by atoms with Crippen LogP contribution in [0.2, 0.25) is 0 Å². The number of likely N-dealkylation sites (N-methyl/N-ethyl adjacent to an activating group) is 1. The molecule has 0 N–H and O–H groups in total. The van der Waals surface area contributed by atoms with E-state index in [9.17, 15) is 4.79 Å². The number of carbonyl (C=O) groups is 1. The second-order valence-electron chi connectivity index (χ2n) is 5.30. The van der Waals surface area contributed by atoms with Crippen molar-refractivity contribution in [3.05, 3.63) is 29.8 Å². The van der Waals surface area contributed by atoms with Gasteiger partial charge in [0.1, 0.15) is 12.4 Å². The summed E-state index contributed by atoms with van der Waals surface area (Å²) in [6.45, 7) is 6.73. The molecule has 100 valence electrons. The third-order valence-electron chi connectivity index (χ3n) is 3.30. The van der Waals surface area contributed by atoms with Gasteiger partial charge in [-0.1, -0.05) is 6.92 Å². The lowest BCUT2D eigenvalue weighted by Gasteiger charge is -2.32. The van der Waals surface area contributed by atoms with Crippen molar-refractivity contribution in [3.8, 4) is 5.75 Å². The van der Waals surface area contributed by atoms with Gasteiger partial charge in [0, 0.05) is 17.5 Å². The van der Waals surface area contributed by atoms with E-state index in [1.807, 2.05) is 45.3 Å². The summed E-state index contributed by atoms with van der Waals surface area (Å²) in [5.41, 5.74) is 0.731. The minimum absolute atomic E-state index is 0.0160. The summed E-state index contributed by atoms with van der Waals surface area (Å²) in [5.74, 6) is 0.966. The fourth-order valence-corrected chi connectivity index (χ4v) is 1.33. The van der Waals surface area contributed by atoms with Gasteiger partial charge < -0.3 is 9.64 Å². The largest absolute Gasteiger partial charge is 0.492 e. The van der Waals surface area contributed by atoms with E-state index in [-0.39, 0.29) is 11.3 Å². The Kier molecular flexibility index (Phi) is 4.91. The number of carbonyl (C=O) groups excluding carboxylic acids is 1. The predicted molar refractivity (Wildman–Crippen MR) is 74.3 cm³/mol. The average Bonchev–Trinajstić information content (AvgIpc) is 2.36. The maximum absolute atomic E-state index is 11.5. The van der Waals surface area contributed by atoms with Crippen LogP contribution >= 0.6 is 0 Å². The number of hydrogen-bond donors (Lipinski definition) is 0. The second-order valence-corrected chi connectivity index (χ2v) is 5.30. The molecule has 0 aliphatic carbocycles. The van der Waals surface area contributed by atoms with E-state index in [0.717, 1.165) is 11.3 Å². The van der Waals surface area contributed by atoms with E-state index >= 15 is 0 Å². The van der Waals surface area contributed by atoms with Crippen LogP contribution in [-0.2, 0) is 0 Å². The molecule has 0 spiro atoms. The van der Waals surface area contributed by atoms with E-state index < -0.39 is 0 Å². The molecule has 3 heteroatoms. The lowest BCUT2D eigenvalue weighted by atomic mass is 10.1. The fraction of sp³-hybridized carbons (Fsp3) is 0.533. The van der Waals surface area contributed by atoms with Gasteiger partial charge in [0.15, 0.2) is 5.78 Å². The van der Waals surface area contributed by atoms with Gasteiger partial charge in [-0.2, -0.15) is 0 Å². The van der Waals surface area contributed by atoms with Crippen molar-refractivity contribution in [1.82, 2.24) is 4.90 Å². The minimum Gasteiger partial charge on any atom is -0.492 e. The smallest absolute Gasteiger partial charge is 0.162 e. The molecule has 0 amide bonds. The molecule has 0 aliphatic heterocycles. The predicted octanol–water partition coefficient (Wildman–Crippen LogP) is 3.00. The molecule has 0 saturated heterocycles. The van der Waals surface area contributed by atoms with Crippen LogP contribution in [0.25, 0.3) is 0 Å². The molecular formula is C15H23NO2. The maximum Gasteiger partial charge on any atom is 0.162 e. The topological polar surface area (TPSA) is 29.5 Å². The van der Waals surface area contributed by atoms with Crippen LogP contribution in [0.5, 0.6) is 5.75 Å². The molecule has 0 saturated carbocycles. The van der Waals surface area contributed by atoms with E-state index in [4.69, 9.17) is 4.74 Å². The van der Waals surface area contributed by atoms with Crippen LogP contribution in [0.3, 0.4) is 0 Å². The van der Waals surface area contributed by atoms with Gasteiger partial charge in [-0.05, 0) is 52.2 Å². The Balaban J connectivity index is 2.62. The molecular weight excluding hydrogens is 226 g/mol. The molecule has 1 rings (SSSR count). The molecule has 0 aromatic heterocycles. The quantitative estimate of drug-likeness (QED) is 0.726. The number of nitrogens with zero attached hydrogens (tertiary/aromatic N) is 1. The molecule has 0 unspecified atom stereocenters. The standard InChI is InChI=1S/C15H23NO2/c1-6-14(17)12-7-9-13(10-8-12)18-11-15(2,3)16(4)5/h7-10H,6,11H2,1-5H3. The van der Waals surface area contributed by atoms with Crippen LogP contribution < -0.4 is 4.74 Å². The normalized spacial score (nSPS) is 11.7. The van der Waals surface area contributed by atoms with Crippen LogP contribution in [-0.4, -0.2) is 36.9 Å². The van der Waals surface area contributed by atoms with Crippen molar-refractivity contribution >= 4 is 5.78 Å². The van der Waals surface area contributed by atoms with Gasteiger partial charge in [-0.15, -0.1) is 0 Å². The molecule has 0 aliphatic rings. The zero-order valence-corrected chi connectivity index (χ0v) is 12.0. The SMILES string of the molecule is CCC(=O)c1ccc(OCC(C)(C)N(C)C)cc1. The molecule has 18 heavy (non-hydrogen) atoms. The van der Waals surface area contributed by atoms with Crippen LogP contribution in [0.15, 0.2) is 24.3 Å². The lowest BCUT2D eigenvalue weighted by Crippen LogP contribution is -2.43. The molecule has 1 aromatic rings. The Labute approximate surface area is 110 Å². The first kappa shape index (κ1) is 14.7. The average molecular weight is 249 g/mol. The van der Waals surface area contributed by atoms with E-state index in [0.29, 0.717) is 13.0 Å². The molecule has 0 atom stereocenters. The monoisotopic (exact) mass is 249 g/mol. The van der Waals surface area contributed by atoms with Gasteiger partial charge in [-0.3, -0.25) is 4.79 Å². The van der Waals surface area contributed by atoms with Crippen LogP contribution in [0.1, 0.15) is 37.6 Å². The molecule has 0 heterocycles. The van der Waals surface area contributed by atoms with Gasteiger partial charge in [0.05, 0.1) is 0 Å². The van der Waals surface area contributed by atoms with Crippen LogP contribution in [0, 0.1) is 0 Å². The first-order valence-corrected chi connectivity index (χ1v) is 6.30. The van der Waals surface area contributed by atoms with Crippen LogP contribution in [0.4, 0.5) is 0 Å². The number of Topliss-reactive ketones (excluding diaryl/α,β-unsaturated/α-hetero) is 1. The van der Waals surface area contributed by atoms with Gasteiger partial charge in [0.2, 0.25) is 0 Å². The first-order valence-electron chi connectivity index (χ1n) is 6.30. The Hall–Kier alpha value is -1.35. The van der Waals surface area contributed by atoms with Crippen molar-refractivity contribution in [3.63, 3.8) is 0 Å². The van der Waals surface area contributed by atoms with Crippen molar-refractivity contribution in [1.29, 1.82) is 0 Å². The summed E-state index contributed by atoms with van der Waals surface area (Å²) >= 11 is 0. The minimum atomic E-state index is -0.0160. The molecule has 1 aromatic carbocycles. The summed E-state index contributed by atoms with van der Waals surface area (Å²) < 4.78 is 5.75. The molecule has 0 bridgehead atoms. The molecule has 3 nitrogen and oxygen atoms in total. The highest BCUT2D eigenvalue weighted by Crippen LogP contribution is 2.17. The second kappa shape index (κ2) is 6.01. The third-order valence-corrected chi connectivity index (χ3v) is 3.30. The number of ketones is 1. The van der Waals surface area contributed by atoms with Crippen molar-refractivity contribution in [2.24, 2.45) is 0 Å². The summed E-state index contributed by atoms with van der Waals surface area (Å²) in [6, 6.07) is 7.36. The Morgan fingerprint density at radius 3 is 2.22 bits per heavy atom. The van der Waals surface area contributed by atoms with Gasteiger partial charge >= 0.3 is 0 Å². The van der Waals surface area contributed by atoms with E-state index in [2.05, 4.69) is 18.7 Å². The highest BCUT2D eigenvalue weighted by molar-refractivity contribution is 5.95. The van der Waals surface area contributed by atoms with Crippen molar-refractivity contribution < 1.29 is 9.53 Å². The maximum atomic E-state index is 11.5. The first-order chi connectivity index (χ1) is 8.36. The summed E-state index contributed by atoms with van der Waals surface area (Å²) in [5, 5.41) is 0. The third kappa shape index (κ3) is 3.84. The van der Waals surface area contributed by atoms with E-state index in [1.165, 1.54) is 0 Å². The summed E-state index contributed by atoms with van der Waals surface area (Å²) in [7, 11) is 4.07. The summed E-state index contributed by atoms with van der Waals surface area (Å²) in [4.78, 5) is 13.6. The number of hydrogen-bond acceptors (Lipinski definition) is 3. The highest BCUT2D eigenvalue weighted by atomic mass is 16.5. The number of rotatable bonds is 6. The lowest BCUT2D eigenvalue weighted by molar-refractivity contribution is 0.0987. The van der Waals surface area contributed by atoms with Crippen molar-refractivity contribution in [2.75, 3.05) is 20.7 Å². The Morgan fingerprint density at radius 1 is 1.22 bits per heavy atom. The molecule has 0 fully saturated rings. The van der Waals surface area contributed by atoms with Gasteiger partial charge in [-0.25, -0.2) is 0 Å². The zero-order chi connectivity index (χ0) is 13.8. The Bertz CT molecular complexity index is 393. The van der Waals surface area contributed by atoms with E-state index in [1.54, 1.807) is 0 Å². The fourth-order valence-electron chi connectivity index (χ4n) is 1.33.